The van der Waals surface area contributed by atoms with Gasteiger partial charge in [-0.2, -0.15) is 0 Å². The smallest absolute Gasteiger partial charge is 0.217 e. The van der Waals surface area contributed by atoms with Gasteiger partial charge in [-0.15, -0.1) is 0 Å². The molecule has 1 aliphatic heterocycles. The molecule has 6 unspecified atom stereocenters. The van der Waals surface area contributed by atoms with Gasteiger partial charge in [0.25, 0.3) is 0 Å². The van der Waals surface area contributed by atoms with Crippen LogP contribution in [0.2, 0.25) is 0 Å². The minimum Gasteiger partial charge on any atom is -0.394 e. The van der Waals surface area contributed by atoms with Gasteiger partial charge in [0, 0.05) is 6.92 Å². The molecule has 22 heavy (non-hydrogen) atoms. The molecule has 0 aromatic heterocycles. The maximum absolute atomic E-state index is 11.3. The number of carbonyl (C=O) groups is 1. The predicted molar refractivity (Wildman–Crippen MR) is 80.0 cm³/mol. The van der Waals surface area contributed by atoms with Crippen LogP contribution in [-0.4, -0.2) is 65.1 Å². The summed E-state index contributed by atoms with van der Waals surface area (Å²) < 4.78 is 11.1. The lowest BCUT2D eigenvalue weighted by Gasteiger charge is -2.42. The zero-order chi connectivity index (χ0) is 16.7. The molecule has 4 N–H and O–H groups in total. The molecule has 1 aliphatic rings. The van der Waals surface area contributed by atoms with E-state index in [1.165, 1.54) is 6.92 Å². The molecule has 6 atom stereocenters. The number of hydrogen-bond donors (Lipinski definition) is 4. The van der Waals surface area contributed by atoms with Crippen molar-refractivity contribution in [2.75, 3.05) is 13.2 Å². The summed E-state index contributed by atoms with van der Waals surface area (Å²) in [5, 5.41) is 31.7. The molecule has 130 valence electrons. The normalized spacial score (nSPS) is 33.5. The van der Waals surface area contributed by atoms with Crippen molar-refractivity contribution < 1.29 is 29.6 Å². The van der Waals surface area contributed by atoms with Gasteiger partial charge in [0.1, 0.15) is 24.4 Å². The number of aliphatic hydroxyl groups is 3. The summed E-state index contributed by atoms with van der Waals surface area (Å²) in [6.07, 6.45) is -1.32. The molecule has 1 saturated heterocycles. The fourth-order valence-corrected chi connectivity index (χ4v) is 2.64. The number of nitrogens with one attached hydrogen (secondary N) is 1. The lowest BCUT2D eigenvalue weighted by Crippen LogP contribution is -2.64. The van der Waals surface area contributed by atoms with E-state index in [9.17, 15) is 20.1 Å². The summed E-state index contributed by atoms with van der Waals surface area (Å²) in [5.41, 5.74) is 0. The van der Waals surface area contributed by atoms with Crippen molar-refractivity contribution in [3.05, 3.63) is 0 Å². The highest BCUT2D eigenvalue weighted by molar-refractivity contribution is 5.73. The molecule has 1 heterocycles. The Morgan fingerprint density at radius 2 is 2.00 bits per heavy atom. The number of hydrogen-bond acceptors (Lipinski definition) is 6. The van der Waals surface area contributed by atoms with Gasteiger partial charge in [0.15, 0.2) is 6.29 Å². The third kappa shape index (κ3) is 5.48. The highest BCUT2D eigenvalue weighted by Crippen LogP contribution is 2.23. The molecule has 0 bridgehead atoms. The maximum Gasteiger partial charge on any atom is 0.217 e. The predicted octanol–water partition coefficient (Wildman–Crippen LogP) is -0.227. The van der Waals surface area contributed by atoms with E-state index >= 15 is 0 Å². The van der Waals surface area contributed by atoms with Crippen LogP contribution in [0.15, 0.2) is 0 Å². The second-order valence-electron chi connectivity index (χ2n) is 5.99. The number of ether oxygens (including phenoxy) is 2. The van der Waals surface area contributed by atoms with Crippen molar-refractivity contribution in [2.24, 2.45) is 5.92 Å². The van der Waals surface area contributed by atoms with Gasteiger partial charge in [-0.25, -0.2) is 0 Å². The molecule has 0 aliphatic carbocycles. The SMILES string of the molecule is CCCC(C)CCOC1OC(CO)C(O)C(O)C1NC(C)=O. The molecule has 0 spiro atoms. The van der Waals surface area contributed by atoms with Gasteiger partial charge in [-0.1, -0.05) is 26.7 Å². The van der Waals surface area contributed by atoms with Crippen LogP contribution in [0, 0.1) is 5.92 Å². The van der Waals surface area contributed by atoms with E-state index in [1.807, 2.05) is 0 Å². The molecule has 0 saturated carbocycles. The van der Waals surface area contributed by atoms with Gasteiger partial charge in [-0.05, 0) is 12.3 Å². The fourth-order valence-electron chi connectivity index (χ4n) is 2.64. The van der Waals surface area contributed by atoms with Crippen LogP contribution < -0.4 is 5.32 Å². The zero-order valence-corrected chi connectivity index (χ0v) is 13.6. The lowest BCUT2D eigenvalue weighted by atomic mass is 9.97. The first-order chi connectivity index (χ1) is 10.4. The van der Waals surface area contributed by atoms with Crippen molar-refractivity contribution in [3.63, 3.8) is 0 Å². The van der Waals surface area contributed by atoms with Gasteiger partial charge >= 0.3 is 0 Å². The Kier molecular flexibility index (Phi) is 8.27. The molecular formula is C15H29NO6. The topological polar surface area (TPSA) is 108 Å². The molecule has 0 radical (unpaired) electrons. The summed E-state index contributed by atoms with van der Waals surface area (Å²) >= 11 is 0. The maximum atomic E-state index is 11.3. The summed E-state index contributed by atoms with van der Waals surface area (Å²) in [6, 6.07) is -0.864. The third-order valence-electron chi connectivity index (χ3n) is 3.93. The first kappa shape index (κ1) is 19.3. The van der Waals surface area contributed by atoms with Crippen LogP contribution in [0.1, 0.15) is 40.0 Å². The Bertz CT molecular complexity index is 340. The van der Waals surface area contributed by atoms with Crippen LogP contribution in [0.4, 0.5) is 0 Å². The third-order valence-corrected chi connectivity index (χ3v) is 3.93. The minimum absolute atomic E-state index is 0.352. The molecule has 7 nitrogen and oxygen atoms in total. The van der Waals surface area contributed by atoms with E-state index in [1.54, 1.807) is 0 Å². The Balaban J connectivity index is 2.62. The van der Waals surface area contributed by atoms with E-state index in [4.69, 9.17) is 9.47 Å². The zero-order valence-electron chi connectivity index (χ0n) is 13.6. The van der Waals surface area contributed by atoms with Gasteiger partial charge in [0.05, 0.1) is 13.2 Å². The number of aliphatic hydroxyl groups excluding tert-OH is 3. The summed E-state index contributed by atoms with van der Waals surface area (Å²) in [5.74, 6) is 0.159. The van der Waals surface area contributed by atoms with E-state index in [0.717, 1.165) is 19.3 Å². The molecule has 1 fully saturated rings. The van der Waals surface area contributed by atoms with Crippen molar-refractivity contribution >= 4 is 5.91 Å². The average molecular weight is 319 g/mol. The largest absolute Gasteiger partial charge is 0.394 e. The Labute approximate surface area is 131 Å². The summed E-state index contributed by atoms with van der Waals surface area (Å²) in [7, 11) is 0. The highest BCUT2D eigenvalue weighted by Gasteiger charge is 2.45. The summed E-state index contributed by atoms with van der Waals surface area (Å²) in [4.78, 5) is 11.3. The van der Waals surface area contributed by atoms with Crippen LogP contribution >= 0.6 is 0 Å². The molecule has 0 aromatic carbocycles. The molecule has 0 aromatic rings. The number of rotatable bonds is 8. The van der Waals surface area contributed by atoms with Crippen molar-refractivity contribution in [3.8, 4) is 0 Å². The standard InChI is InChI=1S/C15H29NO6/c1-4-5-9(2)6-7-21-15-12(16-10(3)18)14(20)13(19)11(8-17)22-15/h9,11-15,17,19-20H,4-8H2,1-3H3,(H,16,18). The Morgan fingerprint density at radius 3 is 2.55 bits per heavy atom. The fraction of sp³-hybridized carbons (Fsp3) is 0.933. The van der Waals surface area contributed by atoms with Crippen LogP contribution in [-0.2, 0) is 14.3 Å². The second kappa shape index (κ2) is 9.42. The van der Waals surface area contributed by atoms with Crippen LogP contribution in [0.25, 0.3) is 0 Å². The molecule has 7 heteroatoms. The van der Waals surface area contributed by atoms with E-state index in [-0.39, 0.29) is 5.91 Å². The molecular weight excluding hydrogens is 290 g/mol. The first-order valence-corrected chi connectivity index (χ1v) is 7.91. The van der Waals surface area contributed by atoms with Crippen molar-refractivity contribution in [2.45, 2.75) is 70.7 Å². The number of carbonyl (C=O) groups excluding carboxylic acids is 1. The highest BCUT2D eigenvalue weighted by atomic mass is 16.7. The lowest BCUT2D eigenvalue weighted by molar-refractivity contribution is -0.270. The van der Waals surface area contributed by atoms with E-state index < -0.39 is 37.3 Å². The summed E-state index contributed by atoms with van der Waals surface area (Å²) in [6.45, 7) is 5.56. The van der Waals surface area contributed by atoms with Crippen molar-refractivity contribution in [1.82, 2.24) is 5.32 Å². The first-order valence-electron chi connectivity index (χ1n) is 7.91. The average Bonchev–Trinajstić information content (AvgIpc) is 2.46. The monoisotopic (exact) mass is 319 g/mol. The Morgan fingerprint density at radius 1 is 1.32 bits per heavy atom. The quantitative estimate of drug-likeness (QED) is 0.492. The van der Waals surface area contributed by atoms with E-state index in [0.29, 0.717) is 12.5 Å². The molecule has 1 amide bonds. The number of amides is 1. The van der Waals surface area contributed by atoms with E-state index in [2.05, 4.69) is 19.2 Å². The minimum atomic E-state index is -1.28. The Hall–Kier alpha value is -0.730. The van der Waals surface area contributed by atoms with Crippen LogP contribution in [0.5, 0.6) is 0 Å². The van der Waals surface area contributed by atoms with Gasteiger partial charge in [-0.3, -0.25) is 4.79 Å². The van der Waals surface area contributed by atoms with Crippen molar-refractivity contribution in [1.29, 1.82) is 0 Å². The van der Waals surface area contributed by atoms with Gasteiger partial charge in [0.2, 0.25) is 5.91 Å². The van der Waals surface area contributed by atoms with Gasteiger partial charge < -0.3 is 30.1 Å². The van der Waals surface area contributed by atoms with Crippen LogP contribution in [0.3, 0.4) is 0 Å². The molecule has 1 rings (SSSR count). The second-order valence-corrected chi connectivity index (χ2v) is 5.99.